The van der Waals surface area contributed by atoms with Crippen LogP contribution in [0.25, 0.3) is 5.65 Å². The van der Waals surface area contributed by atoms with E-state index < -0.39 is 11.9 Å². The lowest BCUT2D eigenvalue weighted by Gasteiger charge is -2.31. The smallest absolute Gasteiger partial charge is 0.337 e. The van der Waals surface area contributed by atoms with Gasteiger partial charge in [-0.15, -0.1) is 21.5 Å². The molecule has 1 aromatic carbocycles. The average molecular weight is 520 g/mol. The van der Waals surface area contributed by atoms with Crippen molar-refractivity contribution in [2.24, 2.45) is 0 Å². The van der Waals surface area contributed by atoms with Crippen LogP contribution >= 0.6 is 11.3 Å². The third-order valence-electron chi connectivity index (χ3n) is 6.14. The van der Waals surface area contributed by atoms with Crippen molar-refractivity contribution in [2.45, 2.75) is 32.6 Å². The molecule has 1 saturated heterocycles. The molecule has 4 aromatic rings. The fraction of sp³-hybridized carbons (Fsp3) is 0.292. The van der Waals surface area contributed by atoms with E-state index in [0.717, 1.165) is 10.7 Å². The molecule has 0 bridgehead atoms. The van der Waals surface area contributed by atoms with E-state index in [-0.39, 0.29) is 17.5 Å². The van der Waals surface area contributed by atoms with Crippen molar-refractivity contribution in [1.29, 1.82) is 0 Å². The second-order valence-electron chi connectivity index (χ2n) is 8.73. The van der Waals surface area contributed by atoms with Crippen molar-refractivity contribution < 1.29 is 14.4 Å². The van der Waals surface area contributed by atoms with Gasteiger partial charge in [-0.1, -0.05) is 18.2 Å². The Hall–Kier alpha value is -4.39. The predicted molar refractivity (Wildman–Crippen MR) is 136 cm³/mol. The standard InChI is InChI=1S/C24H25N9O3S/c1-14-12-19-27-28-20(15(2)33(19)31-14)23(35)32-10-8-16(9-11-32)22-26-18(13-37-22)21(34)29-30-24(36)25-17-6-4-3-5-7-17/h3-7,12-13,16H,8-11H2,1-2H3,(H,29,34)(H2,25,30,36). The number of nitrogens with zero attached hydrogens (tertiary/aromatic N) is 6. The second kappa shape index (κ2) is 10.3. The number of amides is 4. The van der Waals surface area contributed by atoms with Crippen LogP contribution < -0.4 is 16.2 Å². The van der Waals surface area contributed by atoms with Gasteiger partial charge in [-0.05, 0) is 38.8 Å². The molecule has 0 atom stereocenters. The van der Waals surface area contributed by atoms with Crippen LogP contribution in [0.5, 0.6) is 0 Å². The van der Waals surface area contributed by atoms with Crippen LogP contribution in [0, 0.1) is 13.8 Å². The number of para-hydroxylation sites is 1. The molecular formula is C24H25N9O3S. The molecule has 190 valence electrons. The summed E-state index contributed by atoms with van der Waals surface area (Å²) < 4.78 is 1.64. The zero-order valence-electron chi connectivity index (χ0n) is 20.3. The lowest BCUT2D eigenvalue weighted by atomic mass is 9.97. The summed E-state index contributed by atoms with van der Waals surface area (Å²) in [6, 6.07) is 10.2. The molecule has 0 spiro atoms. The lowest BCUT2D eigenvalue weighted by Crippen LogP contribution is -2.44. The quantitative estimate of drug-likeness (QED) is 0.351. The van der Waals surface area contributed by atoms with Gasteiger partial charge in [0.2, 0.25) is 0 Å². The lowest BCUT2D eigenvalue weighted by molar-refractivity contribution is 0.0704. The summed E-state index contributed by atoms with van der Waals surface area (Å²) in [7, 11) is 0. The van der Waals surface area contributed by atoms with Crippen LogP contribution in [0.3, 0.4) is 0 Å². The minimum absolute atomic E-state index is 0.133. The Bertz CT molecular complexity index is 1460. The molecule has 0 radical (unpaired) electrons. The number of thiazole rings is 1. The Labute approximate surface area is 216 Å². The molecule has 0 aliphatic carbocycles. The zero-order chi connectivity index (χ0) is 25.9. The summed E-state index contributed by atoms with van der Waals surface area (Å²) in [4.78, 5) is 43.8. The van der Waals surface area contributed by atoms with Crippen molar-refractivity contribution in [3.05, 3.63) is 69.6 Å². The summed E-state index contributed by atoms with van der Waals surface area (Å²) >= 11 is 1.40. The topological polar surface area (TPSA) is 147 Å². The summed E-state index contributed by atoms with van der Waals surface area (Å²) in [6.45, 7) is 4.77. The van der Waals surface area contributed by atoms with E-state index in [1.165, 1.54) is 11.3 Å². The number of hydrogen-bond acceptors (Lipinski definition) is 8. The van der Waals surface area contributed by atoms with E-state index in [0.29, 0.717) is 48.7 Å². The number of rotatable bonds is 4. The Morgan fingerprint density at radius 2 is 1.78 bits per heavy atom. The van der Waals surface area contributed by atoms with Crippen LogP contribution in [-0.4, -0.2) is 60.6 Å². The molecule has 5 rings (SSSR count). The Balaban J connectivity index is 1.14. The largest absolute Gasteiger partial charge is 0.337 e. The van der Waals surface area contributed by atoms with Gasteiger partial charge in [0.1, 0.15) is 5.69 Å². The Morgan fingerprint density at radius 3 is 2.54 bits per heavy atom. The van der Waals surface area contributed by atoms with E-state index in [1.54, 1.807) is 39.1 Å². The molecule has 3 N–H and O–H groups in total. The maximum atomic E-state index is 13.1. The van der Waals surface area contributed by atoms with Gasteiger partial charge in [0.15, 0.2) is 11.3 Å². The van der Waals surface area contributed by atoms with E-state index in [2.05, 4.69) is 36.4 Å². The summed E-state index contributed by atoms with van der Waals surface area (Å²) in [6.07, 6.45) is 1.43. The number of urea groups is 1. The fourth-order valence-corrected chi connectivity index (χ4v) is 5.17. The fourth-order valence-electron chi connectivity index (χ4n) is 4.20. The number of benzene rings is 1. The molecule has 0 unspecified atom stereocenters. The van der Waals surface area contributed by atoms with Crippen LogP contribution in [-0.2, 0) is 0 Å². The first kappa shape index (κ1) is 24.3. The van der Waals surface area contributed by atoms with Gasteiger partial charge in [0.25, 0.3) is 11.8 Å². The molecule has 12 nitrogen and oxygen atoms in total. The van der Waals surface area contributed by atoms with E-state index in [9.17, 15) is 14.4 Å². The molecule has 0 saturated carbocycles. The normalized spacial score (nSPS) is 13.9. The first-order valence-corrected chi connectivity index (χ1v) is 12.6. The minimum Gasteiger partial charge on any atom is -0.337 e. The SMILES string of the molecule is Cc1cc2nnc(C(=O)N3CCC(c4nc(C(=O)NNC(=O)Nc5ccccc5)cs4)CC3)c(C)n2n1. The summed E-state index contributed by atoms with van der Waals surface area (Å²) in [5.41, 5.74) is 7.90. The number of anilines is 1. The number of fused-ring (bicyclic) bond motifs is 1. The van der Waals surface area contributed by atoms with Crippen LogP contribution in [0.15, 0.2) is 41.8 Å². The molecule has 1 aliphatic heterocycles. The molecule has 1 fully saturated rings. The molecular weight excluding hydrogens is 494 g/mol. The third-order valence-corrected chi connectivity index (χ3v) is 7.14. The van der Waals surface area contributed by atoms with Gasteiger partial charge < -0.3 is 10.2 Å². The average Bonchev–Trinajstić information content (AvgIpc) is 3.55. The number of likely N-dealkylation sites (tertiary alicyclic amines) is 1. The third kappa shape index (κ3) is 5.26. The van der Waals surface area contributed by atoms with Gasteiger partial charge in [-0.2, -0.15) is 5.10 Å². The van der Waals surface area contributed by atoms with Crippen molar-refractivity contribution in [2.75, 3.05) is 18.4 Å². The highest BCUT2D eigenvalue weighted by atomic mass is 32.1. The minimum atomic E-state index is -0.561. The second-order valence-corrected chi connectivity index (χ2v) is 9.62. The number of carbonyl (C=O) groups is 3. The Kier molecular flexibility index (Phi) is 6.77. The van der Waals surface area contributed by atoms with Gasteiger partial charge in [0.05, 0.1) is 16.4 Å². The molecule has 13 heteroatoms. The molecule has 4 heterocycles. The van der Waals surface area contributed by atoms with Gasteiger partial charge in [-0.3, -0.25) is 15.0 Å². The monoisotopic (exact) mass is 519 g/mol. The summed E-state index contributed by atoms with van der Waals surface area (Å²) in [5, 5.41) is 17.8. The van der Waals surface area contributed by atoms with E-state index >= 15 is 0 Å². The van der Waals surface area contributed by atoms with Crippen molar-refractivity contribution in [3.8, 4) is 0 Å². The number of hydrogen-bond donors (Lipinski definition) is 3. The number of carbonyl (C=O) groups excluding carboxylic acids is 3. The molecule has 37 heavy (non-hydrogen) atoms. The zero-order valence-corrected chi connectivity index (χ0v) is 21.1. The number of nitrogens with one attached hydrogen (secondary N) is 3. The first-order valence-electron chi connectivity index (χ1n) is 11.8. The van der Waals surface area contributed by atoms with E-state index in [4.69, 9.17) is 0 Å². The highest BCUT2D eigenvalue weighted by Crippen LogP contribution is 2.31. The van der Waals surface area contributed by atoms with Crippen molar-refractivity contribution >= 4 is 40.5 Å². The number of piperidine rings is 1. The van der Waals surface area contributed by atoms with Crippen LogP contribution in [0.1, 0.15) is 56.1 Å². The number of hydrazine groups is 1. The Morgan fingerprint density at radius 1 is 1.03 bits per heavy atom. The van der Waals surface area contributed by atoms with Gasteiger partial charge >= 0.3 is 6.03 Å². The molecule has 3 aromatic heterocycles. The van der Waals surface area contributed by atoms with Crippen molar-refractivity contribution in [3.63, 3.8) is 0 Å². The van der Waals surface area contributed by atoms with Crippen LogP contribution in [0.2, 0.25) is 0 Å². The van der Waals surface area contributed by atoms with Gasteiger partial charge in [0, 0.05) is 36.1 Å². The van der Waals surface area contributed by atoms with Crippen LogP contribution in [0.4, 0.5) is 10.5 Å². The van der Waals surface area contributed by atoms with Crippen molar-refractivity contribution in [1.82, 2.24) is 40.5 Å². The summed E-state index contributed by atoms with van der Waals surface area (Å²) in [5.74, 6) is -0.539. The highest BCUT2D eigenvalue weighted by Gasteiger charge is 2.29. The van der Waals surface area contributed by atoms with E-state index in [1.807, 2.05) is 26.0 Å². The number of aryl methyl sites for hydroxylation is 2. The molecule has 4 amide bonds. The maximum absolute atomic E-state index is 13.1. The molecule has 1 aliphatic rings. The number of aromatic nitrogens is 5. The van der Waals surface area contributed by atoms with Gasteiger partial charge in [-0.25, -0.2) is 19.7 Å². The predicted octanol–water partition coefficient (Wildman–Crippen LogP) is 2.68. The highest BCUT2D eigenvalue weighted by molar-refractivity contribution is 7.09. The maximum Gasteiger partial charge on any atom is 0.337 e. The first-order chi connectivity index (χ1) is 17.9.